The molecule has 7 heteroatoms. The van der Waals surface area contributed by atoms with Crippen LogP contribution in [0.1, 0.15) is 67.1 Å². The summed E-state index contributed by atoms with van der Waals surface area (Å²) in [5, 5.41) is 6.20. The van der Waals surface area contributed by atoms with Crippen LogP contribution in [0.5, 0.6) is 5.75 Å². The maximum Gasteiger partial charge on any atom is 0.255 e. The van der Waals surface area contributed by atoms with Crippen LogP contribution in [0.15, 0.2) is 30.5 Å². The SMILES string of the molecule is CC(=O)N[C@H]1CC[C@H](NC(=O)c2c(C)[nH]c3c(-c4cc(C)ccc4OCC4CC4)ccnc23)CC1. The van der Waals surface area contributed by atoms with Crippen molar-refractivity contribution in [3.05, 3.63) is 47.3 Å². The Morgan fingerprint density at radius 1 is 1.00 bits per heavy atom. The molecule has 2 aliphatic carbocycles. The number of aromatic amines is 1. The predicted octanol–water partition coefficient (Wildman–Crippen LogP) is 4.81. The second-order valence-corrected chi connectivity index (χ2v) is 10.2. The number of aryl methyl sites for hydroxylation is 2. The molecule has 0 spiro atoms. The van der Waals surface area contributed by atoms with Crippen molar-refractivity contribution in [3.63, 3.8) is 0 Å². The standard InChI is InChI=1S/C28H34N4O3/c1-16-4-11-24(35-15-19-5-6-19)23(14-16)22-12-13-29-27-25(17(2)30-26(22)27)28(34)32-21-9-7-20(8-10-21)31-18(3)33/h4,11-14,19-21,30H,5-10,15H2,1-3H3,(H,31,33)(H,32,34)/t20-,21-. The number of benzene rings is 1. The van der Waals surface area contributed by atoms with E-state index in [9.17, 15) is 9.59 Å². The number of amides is 2. The van der Waals surface area contributed by atoms with Gasteiger partial charge in [-0.05, 0) is 76.5 Å². The van der Waals surface area contributed by atoms with Crippen molar-refractivity contribution in [1.29, 1.82) is 0 Å². The first-order valence-corrected chi connectivity index (χ1v) is 12.7. The molecule has 2 saturated carbocycles. The molecule has 0 aliphatic heterocycles. The lowest BCUT2D eigenvalue weighted by Gasteiger charge is -2.29. The number of carbonyl (C=O) groups excluding carboxylic acids is 2. The molecule has 3 aromatic rings. The average Bonchev–Trinajstić information content (AvgIpc) is 3.58. The molecule has 2 fully saturated rings. The highest BCUT2D eigenvalue weighted by Gasteiger charge is 2.27. The van der Waals surface area contributed by atoms with Gasteiger partial charge in [-0.1, -0.05) is 11.6 Å². The predicted molar refractivity (Wildman–Crippen MR) is 137 cm³/mol. The first kappa shape index (κ1) is 23.4. The molecule has 2 aromatic heterocycles. The number of carbonyl (C=O) groups is 2. The minimum Gasteiger partial charge on any atom is -0.493 e. The second-order valence-electron chi connectivity index (χ2n) is 10.2. The number of hydrogen-bond donors (Lipinski definition) is 3. The number of nitrogens with one attached hydrogen (secondary N) is 3. The molecule has 2 amide bonds. The third-order valence-electron chi connectivity index (χ3n) is 7.17. The van der Waals surface area contributed by atoms with Crippen LogP contribution in [0.2, 0.25) is 0 Å². The van der Waals surface area contributed by atoms with E-state index in [0.29, 0.717) is 17.0 Å². The molecule has 184 valence electrons. The fraction of sp³-hybridized carbons (Fsp3) is 0.464. The zero-order valence-electron chi connectivity index (χ0n) is 20.7. The first-order valence-electron chi connectivity index (χ1n) is 12.7. The summed E-state index contributed by atoms with van der Waals surface area (Å²) in [6.45, 7) is 6.29. The van der Waals surface area contributed by atoms with Crippen LogP contribution in [-0.4, -0.2) is 40.5 Å². The Balaban J connectivity index is 1.40. The maximum atomic E-state index is 13.4. The van der Waals surface area contributed by atoms with Gasteiger partial charge in [0.1, 0.15) is 11.3 Å². The van der Waals surface area contributed by atoms with Crippen molar-refractivity contribution >= 4 is 22.8 Å². The molecule has 0 atom stereocenters. The number of rotatable bonds is 7. The number of H-pyrrole nitrogens is 1. The van der Waals surface area contributed by atoms with Gasteiger partial charge in [0.2, 0.25) is 5.91 Å². The number of nitrogens with zero attached hydrogens (tertiary/aromatic N) is 1. The lowest BCUT2D eigenvalue weighted by molar-refractivity contribution is -0.119. The lowest BCUT2D eigenvalue weighted by atomic mass is 9.91. The quantitative estimate of drug-likeness (QED) is 0.458. The van der Waals surface area contributed by atoms with Crippen molar-refractivity contribution in [1.82, 2.24) is 20.6 Å². The Kier molecular flexibility index (Phi) is 6.50. The van der Waals surface area contributed by atoms with Crippen molar-refractivity contribution in [2.75, 3.05) is 6.61 Å². The van der Waals surface area contributed by atoms with Gasteiger partial charge in [-0.15, -0.1) is 0 Å². The van der Waals surface area contributed by atoms with Gasteiger partial charge < -0.3 is 20.4 Å². The number of aromatic nitrogens is 2. The summed E-state index contributed by atoms with van der Waals surface area (Å²) in [7, 11) is 0. The van der Waals surface area contributed by atoms with Crippen LogP contribution in [0, 0.1) is 19.8 Å². The highest BCUT2D eigenvalue weighted by atomic mass is 16.5. The Hall–Kier alpha value is -3.35. The number of hydrogen-bond acceptors (Lipinski definition) is 4. The maximum absolute atomic E-state index is 13.4. The van der Waals surface area contributed by atoms with Gasteiger partial charge in [0, 0.05) is 42.0 Å². The first-order chi connectivity index (χ1) is 16.9. The van der Waals surface area contributed by atoms with E-state index >= 15 is 0 Å². The van der Waals surface area contributed by atoms with Crippen molar-refractivity contribution in [3.8, 4) is 16.9 Å². The third kappa shape index (κ3) is 5.19. The van der Waals surface area contributed by atoms with Gasteiger partial charge >= 0.3 is 0 Å². The summed E-state index contributed by atoms with van der Waals surface area (Å²) in [5.74, 6) is 1.43. The molecule has 3 N–H and O–H groups in total. The monoisotopic (exact) mass is 474 g/mol. The largest absolute Gasteiger partial charge is 0.493 e. The van der Waals surface area contributed by atoms with E-state index in [4.69, 9.17) is 4.74 Å². The molecule has 2 aliphatic rings. The van der Waals surface area contributed by atoms with Crippen molar-refractivity contribution in [2.45, 2.75) is 71.4 Å². The highest BCUT2D eigenvalue weighted by Crippen LogP contribution is 2.38. The average molecular weight is 475 g/mol. The van der Waals surface area contributed by atoms with Gasteiger partial charge in [0.15, 0.2) is 0 Å². The molecule has 0 radical (unpaired) electrons. The number of ether oxygens (including phenoxy) is 1. The second kappa shape index (κ2) is 9.72. The van der Waals surface area contributed by atoms with Crippen LogP contribution >= 0.6 is 0 Å². The summed E-state index contributed by atoms with van der Waals surface area (Å²) in [4.78, 5) is 32.7. The molecule has 0 saturated heterocycles. The molecular formula is C28H34N4O3. The minimum atomic E-state index is -0.101. The fourth-order valence-electron chi connectivity index (χ4n) is 5.11. The molecule has 0 unspecified atom stereocenters. The zero-order valence-corrected chi connectivity index (χ0v) is 20.7. The normalized spacial score (nSPS) is 20.0. The Labute approximate surface area is 206 Å². The van der Waals surface area contributed by atoms with Crippen molar-refractivity contribution in [2.24, 2.45) is 5.92 Å². The summed E-state index contributed by atoms with van der Waals surface area (Å²) < 4.78 is 6.20. The number of fused-ring (bicyclic) bond motifs is 1. The van der Waals surface area contributed by atoms with E-state index < -0.39 is 0 Å². The molecule has 0 bridgehead atoms. The van der Waals surface area contributed by atoms with E-state index in [1.54, 1.807) is 13.1 Å². The minimum absolute atomic E-state index is 0.00323. The Bertz CT molecular complexity index is 1250. The summed E-state index contributed by atoms with van der Waals surface area (Å²) in [6, 6.07) is 8.54. The van der Waals surface area contributed by atoms with Crippen LogP contribution in [0.25, 0.3) is 22.2 Å². The van der Waals surface area contributed by atoms with E-state index in [1.165, 1.54) is 12.8 Å². The van der Waals surface area contributed by atoms with Crippen LogP contribution in [0.4, 0.5) is 0 Å². The van der Waals surface area contributed by atoms with Crippen molar-refractivity contribution < 1.29 is 14.3 Å². The van der Waals surface area contributed by atoms with Gasteiger partial charge in [-0.2, -0.15) is 0 Å². The van der Waals surface area contributed by atoms with Gasteiger partial charge in [0.25, 0.3) is 5.91 Å². The fourth-order valence-corrected chi connectivity index (χ4v) is 5.11. The molecule has 7 nitrogen and oxygen atoms in total. The Morgan fingerprint density at radius 3 is 2.40 bits per heavy atom. The molecule has 1 aromatic carbocycles. The topological polar surface area (TPSA) is 96.1 Å². The van der Waals surface area contributed by atoms with E-state index in [2.05, 4.69) is 39.7 Å². The summed E-state index contributed by atoms with van der Waals surface area (Å²) in [5.41, 5.74) is 6.09. The molecule has 35 heavy (non-hydrogen) atoms. The van der Waals surface area contributed by atoms with E-state index in [1.807, 2.05) is 19.1 Å². The van der Waals surface area contributed by atoms with Gasteiger partial charge in [-0.25, -0.2) is 0 Å². The van der Waals surface area contributed by atoms with Crippen LogP contribution < -0.4 is 15.4 Å². The smallest absolute Gasteiger partial charge is 0.255 e. The molecule has 2 heterocycles. The molecule has 5 rings (SSSR count). The third-order valence-corrected chi connectivity index (χ3v) is 7.17. The summed E-state index contributed by atoms with van der Waals surface area (Å²) >= 11 is 0. The van der Waals surface area contributed by atoms with E-state index in [0.717, 1.165) is 65.9 Å². The lowest BCUT2D eigenvalue weighted by Crippen LogP contribution is -2.43. The van der Waals surface area contributed by atoms with Gasteiger partial charge in [-0.3, -0.25) is 14.6 Å². The summed E-state index contributed by atoms with van der Waals surface area (Å²) in [6.07, 6.45) is 7.69. The molecular weight excluding hydrogens is 440 g/mol. The van der Waals surface area contributed by atoms with Crippen LogP contribution in [0.3, 0.4) is 0 Å². The highest BCUT2D eigenvalue weighted by molar-refractivity contribution is 6.09. The van der Waals surface area contributed by atoms with E-state index in [-0.39, 0.29) is 23.9 Å². The number of pyridine rings is 1. The Morgan fingerprint density at radius 2 is 1.71 bits per heavy atom. The zero-order chi connectivity index (χ0) is 24.5. The van der Waals surface area contributed by atoms with Crippen LogP contribution in [-0.2, 0) is 4.79 Å². The van der Waals surface area contributed by atoms with Gasteiger partial charge in [0.05, 0.1) is 17.7 Å².